The van der Waals surface area contributed by atoms with Gasteiger partial charge in [0, 0.05) is 6.04 Å². The number of alkyl halides is 3. The standard InChI is InChI=1S/C17H24F3N/c1-2-21-16(12-13-8-4-3-5-9-13)14-10-6-7-11-15(14)17(18,19)20/h6-7,10-11,13,16,21H,2-5,8-9,12H2,1H3. The van der Waals surface area contributed by atoms with E-state index in [1.165, 1.54) is 31.4 Å². The quantitative estimate of drug-likeness (QED) is 0.775. The zero-order chi connectivity index (χ0) is 15.3. The van der Waals surface area contributed by atoms with Crippen LogP contribution in [0.2, 0.25) is 0 Å². The average molecular weight is 299 g/mol. The van der Waals surface area contributed by atoms with E-state index < -0.39 is 11.7 Å². The molecule has 1 aromatic rings. The molecule has 0 amide bonds. The minimum Gasteiger partial charge on any atom is -0.310 e. The monoisotopic (exact) mass is 299 g/mol. The number of benzene rings is 1. The van der Waals surface area contributed by atoms with Crippen LogP contribution in [0.3, 0.4) is 0 Å². The molecule has 1 nitrogen and oxygen atoms in total. The Hall–Kier alpha value is -1.03. The lowest BCUT2D eigenvalue weighted by atomic mass is 9.82. The predicted octanol–water partition coefficient (Wildman–Crippen LogP) is 5.33. The maximum absolute atomic E-state index is 13.2. The van der Waals surface area contributed by atoms with E-state index >= 15 is 0 Å². The van der Waals surface area contributed by atoms with Crippen molar-refractivity contribution in [3.05, 3.63) is 35.4 Å². The van der Waals surface area contributed by atoms with Gasteiger partial charge < -0.3 is 5.32 Å². The molecular formula is C17H24F3N. The molecule has 0 saturated heterocycles. The Morgan fingerprint density at radius 3 is 2.43 bits per heavy atom. The van der Waals surface area contributed by atoms with Crippen LogP contribution in [0.15, 0.2) is 24.3 Å². The van der Waals surface area contributed by atoms with Gasteiger partial charge in [-0.05, 0) is 30.5 Å². The summed E-state index contributed by atoms with van der Waals surface area (Å²) in [7, 11) is 0. The van der Waals surface area contributed by atoms with E-state index in [-0.39, 0.29) is 6.04 Å². The minimum absolute atomic E-state index is 0.198. The van der Waals surface area contributed by atoms with E-state index in [9.17, 15) is 13.2 Å². The van der Waals surface area contributed by atoms with Crippen LogP contribution < -0.4 is 5.32 Å². The molecule has 0 aliphatic heterocycles. The highest BCUT2D eigenvalue weighted by molar-refractivity contribution is 5.32. The Kier molecular flexibility index (Phi) is 5.68. The highest BCUT2D eigenvalue weighted by Crippen LogP contribution is 2.38. The van der Waals surface area contributed by atoms with Gasteiger partial charge in [-0.3, -0.25) is 0 Å². The van der Waals surface area contributed by atoms with Gasteiger partial charge in [-0.2, -0.15) is 13.2 Å². The largest absolute Gasteiger partial charge is 0.416 e. The highest BCUT2D eigenvalue weighted by atomic mass is 19.4. The molecule has 0 radical (unpaired) electrons. The van der Waals surface area contributed by atoms with E-state index in [0.29, 0.717) is 18.0 Å². The van der Waals surface area contributed by atoms with Crippen LogP contribution in [-0.2, 0) is 6.18 Å². The van der Waals surface area contributed by atoms with Crippen molar-refractivity contribution in [1.29, 1.82) is 0 Å². The number of rotatable bonds is 5. The topological polar surface area (TPSA) is 12.0 Å². The normalized spacial score (nSPS) is 18.7. The summed E-state index contributed by atoms with van der Waals surface area (Å²) in [5.41, 5.74) is -0.0933. The van der Waals surface area contributed by atoms with Crippen molar-refractivity contribution in [3.8, 4) is 0 Å². The fourth-order valence-electron chi connectivity index (χ4n) is 3.38. The molecule has 1 unspecified atom stereocenters. The highest BCUT2D eigenvalue weighted by Gasteiger charge is 2.35. The Labute approximate surface area is 124 Å². The Bertz CT molecular complexity index is 436. The molecule has 4 heteroatoms. The summed E-state index contributed by atoms with van der Waals surface area (Å²) in [5.74, 6) is 0.545. The molecule has 1 fully saturated rings. The summed E-state index contributed by atoms with van der Waals surface area (Å²) in [4.78, 5) is 0. The van der Waals surface area contributed by atoms with Crippen LogP contribution in [0, 0.1) is 5.92 Å². The van der Waals surface area contributed by atoms with Crippen molar-refractivity contribution in [2.45, 2.75) is 57.7 Å². The van der Waals surface area contributed by atoms with Crippen molar-refractivity contribution >= 4 is 0 Å². The fourth-order valence-corrected chi connectivity index (χ4v) is 3.38. The summed E-state index contributed by atoms with van der Waals surface area (Å²) in [6.45, 7) is 2.63. The molecular weight excluding hydrogens is 275 g/mol. The van der Waals surface area contributed by atoms with Crippen LogP contribution in [0.4, 0.5) is 13.2 Å². The molecule has 2 rings (SSSR count). The van der Waals surface area contributed by atoms with E-state index in [2.05, 4.69) is 5.32 Å². The Morgan fingerprint density at radius 2 is 1.81 bits per heavy atom. The fraction of sp³-hybridized carbons (Fsp3) is 0.647. The molecule has 1 aromatic carbocycles. The lowest BCUT2D eigenvalue weighted by Gasteiger charge is -2.29. The molecule has 1 saturated carbocycles. The number of hydrogen-bond acceptors (Lipinski definition) is 1. The maximum Gasteiger partial charge on any atom is 0.416 e. The molecule has 0 heterocycles. The van der Waals surface area contributed by atoms with Gasteiger partial charge in [-0.25, -0.2) is 0 Å². The number of hydrogen-bond donors (Lipinski definition) is 1. The molecule has 0 bridgehead atoms. The summed E-state index contributed by atoms with van der Waals surface area (Å²) in [6, 6.07) is 5.79. The van der Waals surface area contributed by atoms with E-state index in [1.54, 1.807) is 12.1 Å². The lowest BCUT2D eigenvalue weighted by molar-refractivity contribution is -0.138. The van der Waals surface area contributed by atoms with Crippen LogP contribution in [0.5, 0.6) is 0 Å². The second-order valence-electron chi connectivity index (χ2n) is 5.94. The van der Waals surface area contributed by atoms with Crippen molar-refractivity contribution in [3.63, 3.8) is 0 Å². The van der Waals surface area contributed by atoms with E-state index in [1.807, 2.05) is 6.92 Å². The third kappa shape index (κ3) is 4.47. The van der Waals surface area contributed by atoms with Crippen molar-refractivity contribution in [2.75, 3.05) is 6.54 Å². The molecule has 0 aromatic heterocycles. The van der Waals surface area contributed by atoms with Gasteiger partial charge in [0.1, 0.15) is 0 Å². The molecule has 118 valence electrons. The van der Waals surface area contributed by atoms with Gasteiger partial charge in [-0.15, -0.1) is 0 Å². The third-order valence-electron chi connectivity index (χ3n) is 4.39. The van der Waals surface area contributed by atoms with Gasteiger partial charge in [0.25, 0.3) is 0 Å². The zero-order valence-electron chi connectivity index (χ0n) is 12.5. The average Bonchev–Trinajstić information content (AvgIpc) is 2.47. The van der Waals surface area contributed by atoms with Crippen LogP contribution in [0.25, 0.3) is 0 Å². The maximum atomic E-state index is 13.2. The van der Waals surface area contributed by atoms with E-state index in [4.69, 9.17) is 0 Å². The van der Waals surface area contributed by atoms with Crippen LogP contribution in [0.1, 0.15) is 62.6 Å². The number of halogens is 3. The summed E-state index contributed by atoms with van der Waals surface area (Å²) >= 11 is 0. The first-order chi connectivity index (χ1) is 10.0. The van der Waals surface area contributed by atoms with Crippen molar-refractivity contribution < 1.29 is 13.2 Å². The first-order valence-corrected chi connectivity index (χ1v) is 7.92. The number of nitrogens with one attached hydrogen (secondary N) is 1. The molecule has 1 aliphatic carbocycles. The molecule has 21 heavy (non-hydrogen) atoms. The summed E-state index contributed by atoms with van der Waals surface area (Å²) < 4.78 is 39.6. The minimum atomic E-state index is -4.28. The third-order valence-corrected chi connectivity index (χ3v) is 4.39. The zero-order valence-corrected chi connectivity index (χ0v) is 12.5. The second kappa shape index (κ2) is 7.30. The van der Waals surface area contributed by atoms with Gasteiger partial charge in [0.15, 0.2) is 0 Å². The summed E-state index contributed by atoms with van der Waals surface area (Å²) in [5, 5.41) is 3.26. The van der Waals surface area contributed by atoms with Crippen LogP contribution in [-0.4, -0.2) is 6.54 Å². The predicted molar refractivity (Wildman–Crippen MR) is 79.1 cm³/mol. The first-order valence-electron chi connectivity index (χ1n) is 7.92. The van der Waals surface area contributed by atoms with Gasteiger partial charge in [-0.1, -0.05) is 57.2 Å². The SMILES string of the molecule is CCNC(CC1CCCCC1)c1ccccc1C(F)(F)F. The van der Waals surface area contributed by atoms with Crippen molar-refractivity contribution in [2.24, 2.45) is 5.92 Å². The second-order valence-corrected chi connectivity index (χ2v) is 5.94. The van der Waals surface area contributed by atoms with Gasteiger partial charge in [0.2, 0.25) is 0 Å². The smallest absolute Gasteiger partial charge is 0.310 e. The van der Waals surface area contributed by atoms with Crippen LogP contribution >= 0.6 is 0 Å². The Balaban J connectivity index is 2.21. The van der Waals surface area contributed by atoms with Gasteiger partial charge in [0.05, 0.1) is 5.56 Å². The summed E-state index contributed by atoms with van der Waals surface area (Å²) in [6.07, 6.45) is 2.51. The molecule has 1 N–H and O–H groups in total. The van der Waals surface area contributed by atoms with E-state index in [0.717, 1.165) is 19.3 Å². The lowest BCUT2D eigenvalue weighted by Crippen LogP contribution is -2.26. The molecule has 1 aliphatic rings. The van der Waals surface area contributed by atoms with Gasteiger partial charge >= 0.3 is 6.18 Å². The van der Waals surface area contributed by atoms with Crippen molar-refractivity contribution in [1.82, 2.24) is 5.32 Å². The first kappa shape index (κ1) is 16.3. The molecule has 1 atom stereocenters. The Morgan fingerprint density at radius 1 is 1.14 bits per heavy atom. The molecule has 0 spiro atoms.